The van der Waals surface area contributed by atoms with Gasteiger partial charge in [-0.2, -0.15) is 0 Å². The van der Waals surface area contributed by atoms with Crippen molar-refractivity contribution in [1.29, 1.82) is 0 Å². The fraction of sp³-hybridized carbons (Fsp3) is 0.821. The second kappa shape index (κ2) is 30.5. The van der Waals surface area contributed by atoms with Gasteiger partial charge in [-0.15, -0.1) is 0 Å². The molecule has 0 aromatic heterocycles. The number of hydrogen-bond donors (Lipinski definition) is 18. The van der Waals surface area contributed by atoms with Crippen molar-refractivity contribution >= 4 is 0 Å². The molecular weight excluding hydrogens is 1170 g/mol. The third-order valence-electron chi connectivity index (χ3n) is 17.1. The van der Waals surface area contributed by atoms with Gasteiger partial charge in [0.15, 0.2) is 44.0 Å². The number of aliphatic hydroxyl groups is 18. The maximum Gasteiger partial charge on any atom is 0.187 e. The fourth-order valence-corrected chi connectivity index (χ4v) is 12.1. The van der Waals surface area contributed by atoms with Crippen LogP contribution in [-0.2, 0) is 61.6 Å². The molecule has 12 bridgehead atoms. The molecule has 498 valence electrons. The van der Waals surface area contributed by atoms with Crippen LogP contribution < -0.4 is 0 Å². The first-order valence-corrected chi connectivity index (χ1v) is 29.1. The Morgan fingerprint density at radius 2 is 0.747 bits per heavy atom. The van der Waals surface area contributed by atoms with Crippen LogP contribution in [0.4, 0.5) is 0 Å². The van der Waals surface area contributed by atoms with Gasteiger partial charge in [0.05, 0.1) is 39.6 Å². The lowest BCUT2D eigenvalue weighted by Gasteiger charge is -2.50. The Labute approximate surface area is 500 Å². The molecule has 0 spiro atoms. The van der Waals surface area contributed by atoms with E-state index in [4.69, 9.17) is 61.6 Å². The van der Waals surface area contributed by atoms with Crippen LogP contribution in [0.1, 0.15) is 53.9 Å². The first-order chi connectivity index (χ1) is 41.3. The number of allylic oxidation sites excluding steroid dienone is 9. The summed E-state index contributed by atoms with van der Waals surface area (Å²) in [5.41, 5.74) is 4.16. The Morgan fingerprint density at radius 1 is 0.448 bits per heavy atom. The first kappa shape index (κ1) is 70.3. The average molecular weight is 1260 g/mol. The Balaban J connectivity index is 1.07. The topological polar surface area (TPSA) is 484 Å². The van der Waals surface area contributed by atoms with Crippen LogP contribution in [0.3, 0.4) is 0 Å². The van der Waals surface area contributed by atoms with E-state index in [2.05, 4.69) is 26.8 Å². The van der Waals surface area contributed by atoms with Crippen molar-refractivity contribution in [3.63, 3.8) is 0 Å². The minimum atomic E-state index is -2.21. The van der Waals surface area contributed by atoms with Gasteiger partial charge < -0.3 is 153 Å². The maximum absolute atomic E-state index is 11.8. The van der Waals surface area contributed by atoms with Gasteiger partial charge in [-0.05, 0) is 57.1 Å². The number of rotatable bonds is 13. The summed E-state index contributed by atoms with van der Waals surface area (Å²) in [6, 6.07) is 0. The standard InChI is InChI=1S/C56H88O31/c1-21(11-12-24-23(3)10-7-13-56(24,4)5)8-6-9-22(2)14-31(62)75-20-30-49-37(68)43(74)55(81-30)86-48-29(19-61)79-53(41(72)35(48)66)84-46-27(17-59)77-51(39(70)33(46)64)82-44-25(15-57)76-50(38(69)32(44)63)83-45-26(16-58)78-52(40(71)34(45)65)85-47-28(18-60)80-54(87-49)42(73)36(47)67/h6,8-9,11-12,14,25-55,57-74H,7,10,13,15-20H2,1-5H3/b9-6+,12-11+,21-8+,22-14+/t25?,26-,27?,28?,29-,30?,31?,32?,33?,34?,35-,36?,37?,38?,39?,40-,41+,42?,43?,44?,45?,46?,47?,48?,49?,50?,51?,52?,53?,54?,55?/m1/s1. The highest BCUT2D eigenvalue weighted by molar-refractivity contribution is 5.37. The van der Waals surface area contributed by atoms with Crippen molar-refractivity contribution < 1.29 is 153 Å². The van der Waals surface area contributed by atoms with Crippen molar-refractivity contribution in [2.24, 2.45) is 5.41 Å². The van der Waals surface area contributed by atoms with Gasteiger partial charge in [0.25, 0.3) is 0 Å². The molecular formula is C56H88O31. The molecule has 0 saturated carbocycles. The second-order valence-corrected chi connectivity index (χ2v) is 23.8. The molecule has 31 nitrogen and oxygen atoms in total. The lowest BCUT2D eigenvalue weighted by atomic mass is 9.72. The highest BCUT2D eigenvalue weighted by Crippen LogP contribution is 2.42. The predicted molar refractivity (Wildman–Crippen MR) is 287 cm³/mol. The van der Waals surface area contributed by atoms with Gasteiger partial charge in [-0.1, -0.05) is 60.9 Å². The molecule has 26 unspecified atom stereocenters. The Bertz CT molecular complexity index is 2340. The van der Waals surface area contributed by atoms with E-state index in [1.165, 1.54) is 17.2 Å². The zero-order valence-corrected chi connectivity index (χ0v) is 48.6. The summed E-state index contributed by atoms with van der Waals surface area (Å²) in [6.45, 7) is 4.36. The van der Waals surface area contributed by atoms with E-state index in [0.717, 1.165) is 24.8 Å². The number of hydrogen-bond acceptors (Lipinski definition) is 31. The van der Waals surface area contributed by atoms with Crippen LogP contribution in [0.2, 0.25) is 0 Å². The van der Waals surface area contributed by atoms with E-state index in [0.29, 0.717) is 5.57 Å². The number of aliphatic hydroxyl groups excluding tert-OH is 18. The molecule has 22 fully saturated rings. The Kier molecular flexibility index (Phi) is 24.6. The fourth-order valence-electron chi connectivity index (χ4n) is 12.1. The lowest BCUT2D eigenvalue weighted by Crippen LogP contribution is -2.69. The van der Waals surface area contributed by atoms with E-state index < -0.39 is 230 Å². The molecule has 31 heteroatoms. The minimum Gasteiger partial charge on any atom is -0.394 e. The van der Waals surface area contributed by atoms with Gasteiger partial charge in [0, 0.05) is 0 Å². The predicted octanol–water partition coefficient (Wildman–Crippen LogP) is -7.18. The highest BCUT2D eigenvalue weighted by Gasteiger charge is 2.59. The lowest BCUT2D eigenvalue weighted by molar-refractivity contribution is -0.404. The third kappa shape index (κ3) is 15.6. The molecule has 0 aromatic rings. The SMILES string of the molecule is CC1=C(/C=C/C(C)=C/C=C/C(C)=C/C(O)OCC2OC3OC4[C@@H](CO)OC(OC5C(CO)OC(OC6C(CO)OC(OC7C(O)[C@@H](O)C(OC8C(CO)OC(OC2C(O)C3O)C(O)C8O)O[C@@H]7CO)C(O)C6O)C(O)C5O)[C@@H](O)[C@H]4O)C(C)(C)CCC1. The summed E-state index contributed by atoms with van der Waals surface area (Å²) in [7, 11) is 0. The van der Waals surface area contributed by atoms with Crippen LogP contribution in [-0.4, -0.2) is 322 Å². The van der Waals surface area contributed by atoms with Crippen molar-refractivity contribution in [3.8, 4) is 0 Å². The van der Waals surface area contributed by atoms with Gasteiger partial charge >= 0.3 is 0 Å². The zero-order chi connectivity index (χ0) is 63.5. The second-order valence-electron chi connectivity index (χ2n) is 23.8. The Hall–Kier alpha value is -2.54. The zero-order valence-electron chi connectivity index (χ0n) is 48.6. The molecule has 22 heterocycles. The minimum absolute atomic E-state index is 0.0501. The maximum atomic E-state index is 11.8. The van der Waals surface area contributed by atoms with E-state index in [9.17, 15) is 91.9 Å². The molecule has 22 aliphatic heterocycles. The Morgan fingerprint density at radius 3 is 1.05 bits per heavy atom. The van der Waals surface area contributed by atoms with Crippen molar-refractivity contribution in [1.82, 2.24) is 0 Å². The summed E-state index contributed by atoms with van der Waals surface area (Å²) in [5.74, 6) is 0. The van der Waals surface area contributed by atoms with Crippen molar-refractivity contribution in [3.05, 3.63) is 58.7 Å². The van der Waals surface area contributed by atoms with E-state index >= 15 is 0 Å². The van der Waals surface area contributed by atoms with Crippen LogP contribution >= 0.6 is 0 Å². The van der Waals surface area contributed by atoms with Crippen molar-refractivity contribution in [2.45, 2.75) is 244 Å². The molecule has 31 atom stereocenters. The quantitative estimate of drug-likeness (QED) is 0.0602. The molecule has 1 aliphatic carbocycles. The number of ether oxygens (including phenoxy) is 13. The molecule has 0 aromatic carbocycles. The summed E-state index contributed by atoms with van der Waals surface area (Å²) in [4.78, 5) is 0. The average Bonchev–Trinajstić information content (AvgIpc) is 1.12. The summed E-state index contributed by atoms with van der Waals surface area (Å²) >= 11 is 0. The molecule has 22 saturated heterocycles. The molecule has 23 rings (SSSR count). The smallest absolute Gasteiger partial charge is 0.187 e. The van der Waals surface area contributed by atoms with Crippen LogP contribution in [0, 0.1) is 5.41 Å². The molecule has 87 heavy (non-hydrogen) atoms. The molecule has 0 amide bonds. The highest BCUT2D eigenvalue weighted by atomic mass is 16.8. The van der Waals surface area contributed by atoms with Gasteiger partial charge in [0.1, 0.15) is 146 Å². The summed E-state index contributed by atoms with van der Waals surface area (Å²) in [5, 5.41) is 201. The van der Waals surface area contributed by atoms with Crippen LogP contribution in [0.5, 0.6) is 0 Å². The summed E-state index contributed by atoms with van der Waals surface area (Å²) in [6.07, 6.45) is -47.3. The van der Waals surface area contributed by atoms with Crippen LogP contribution in [0.15, 0.2) is 58.7 Å². The van der Waals surface area contributed by atoms with Crippen LogP contribution in [0.25, 0.3) is 0 Å². The van der Waals surface area contributed by atoms with E-state index in [1.807, 2.05) is 19.1 Å². The van der Waals surface area contributed by atoms with Gasteiger partial charge in [0.2, 0.25) is 0 Å². The van der Waals surface area contributed by atoms with Gasteiger partial charge in [-0.3, -0.25) is 0 Å². The molecule has 23 aliphatic rings. The largest absolute Gasteiger partial charge is 0.394 e. The first-order valence-electron chi connectivity index (χ1n) is 29.1. The third-order valence-corrected chi connectivity index (χ3v) is 17.1. The summed E-state index contributed by atoms with van der Waals surface area (Å²) < 4.78 is 75.6. The molecule has 0 radical (unpaired) electrons. The molecule has 18 N–H and O–H groups in total. The van der Waals surface area contributed by atoms with Gasteiger partial charge in [-0.25, -0.2) is 0 Å². The monoisotopic (exact) mass is 1260 g/mol. The normalized spacial score (nSPS) is 47.6. The van der Waals surface area contributed by atoms with E-state index in [1.54, 1.807) is 19.1 Å². The van der Waals surface area contributed by atoms with Crippen molar-refractivity contribution in [2.75, 3.05) is 39.6 Å². The van der Waals surface area contributed by atoms with E-state index in [-0.39, 0.29) is 5.41 Å².